The van der Waals surface area contributed by atoms with Gasteiger partial charge in [0.2, 0.25) is 0 Å². The monoisotopic (exact) mass is 298 g/mol. The molecule has 1 fully saturated rings. The summed E-state index contributed by atoms with van der Waals surface area (Å²) in [5.74, 6) is -2.00. The van der Waals surface area contributed by atoms with E-state index in [4.69, 9.17) is 5.11 Å². The fraction of sp³-hybridized carbons (Fsp3) is 0.429. The molecule has 0 heterocycles. The Morgan fingerprint density at radius 1 is 1.33 bits per heavy atom. The van der Waals surface area contributed by atoms with E-state index in [1.807, 2.05) is 0 Å². The van der Waals surface area contributed by atoms with Gasteiger partial charge in [0.15, 0.2) is 0 Å². The molecule has 1 saturated carbocycles. The third kappa shape index (κ3) is 4.70. The number of carboxylic acids is 1. The molecule has 114 valence electrons. The average Bonchev–Trinajstić information content (AvgIpc) is 3.23. The second kappa shape index (κ2) is 6.51. The van der Waals surface area contributed by atoms with Gasteiger partial charge in [-0.15, -0.1) is 0 Å². The summed E-state index contributed by atoms with van der Waals surface area (Å²) in [6.07, 6.45) is 1.62. The van der Waals surface area contributed by atoms with Crippen LogP contribution in [0.1, 0.15) is 24.8 Å². The number of amides is 2. The van der Waals surface area contributed by atoms with Crippen LogP contribution in [0.2, 0.25) is 0 Å². The molecule has 0 aliphatic heterocycles. The standard InChI is InChI=1S/C14H16F2N2O3/c15-10-3-4-11(16)9(5-10)7-17-14(21)18-12(6-13(19)20)8-1-2-8/h3-5,8,12H,1-2,6-7H2,(H,19,20)(H2,17,18,21). The number of urea groups is 1. The van der Waals surface area contributed by atoms with Gasteiger partial charge in [-0.2, -0.15) is 0 Å². The van der Waals surface area contributed by atoms with Gasteiger partial charge in [0.1, 0.15) is 11.6 Å². The number of aliphatic carboxylic acids is 1. The first-order valence-corrected chi connectivity index (χ1v) is 6.66. The van der Waals surface area contributed by atoms with Gasteiger partial charge in [-0.05, 0) is 37.0 Å². The second-order valence-electron chi connectivity index (χ2n) is 5.10. The lowest BCUT2D eigenvalue weighted by molar-refractivity contribution is -0.137. The third-order valence-electron chi connectivity index (χ3n) is 3.35. The van der Waals surface area contributed by atoms with Crippen LogP contribution in [-0.2, 0) is 11.3 Å². The van der Waals surface area contributed by atoms with Crippen LogP contribution in [0.4, 0.5) is 13.6 Å². The van der Waals surface area contributed by atoms with Crippen molar-refractivity contribution in [1.82, 2.24) is 10.6 Å². The van der Waals surface area contributed by atoms with Crippen molar-refractivity contribution in [3.05, 3.63) is 35.4 Å². The van der Waals surface area contributed by atoms with Crippen LogP contribution < -0.4 is 10.6 Å². The van der Waals surface area contributed by atoms with Gasteiger partial charge in [0.25, 0.3) is 0 Å². The maximum atomic E-state index is 13.4. The van der Waals surface area contributed by atoms with E-state index in [0.717, 1.165) is 31.0 Å². The number of rotatable bonds is 6. The van der Waals surface area contributed by atoms with Crippen molar-refractivity contribution in [1.29, 1.82) is 0 Å². The number of carbonyl (C=O) groups is 2. The first-order chi connectivity index (χ1) is 9.95. The molecule has 7 heteroatoms. The number of carbonyl (C=O) groups excluding carboxylic acids is 1. The highest BCUT2D eigenvalue weighted by molar-refractivity contribution is 5.75. The number of benzene rings is 1. The van der Waals surface area contributed by atoms with E-state index in [-0.39, 0.29) is 24.4 Å². The van der Waals surface area contributed by atoms with Crippen molar-refractivity contribution < 1.29 is 23.5 Å². The van der Waals surface area contributed by atoms with Gasteiger partial charge in [-0.3, -0.25) is 4.79 Å². The molecule has 0 radical (unpaired) electrons. The van der Waals surface area contributed by atoms with Crippen LogP contribution in [0.3, 0.4) is 0 Å². The minimum Gasteiger partial charge on any atom is -0.481 e. The highest BCUT2D eigenvalue weighted by Crippen LogP contribution is 2.33. The molecule has 0 bridgehead atoms. The molecular weight excluding hydrogens is 282 g/mol. The lowest BCUT2D eigenvalue weighted by atomic mass is 10.1. The minimum absolute atomic E-state index is 0.0337. The summed E-state index contributed by atoms with van der Waals surface area (Å²) in [4.78, 5) is 22.4. The smallest absolute Gasteiger partial charge is 0.315 e. The first kappa shape index (κ1) is 15.2. The van der Waals surface area contributed by atoms with Crippen molar-refractivity contribution in [3.63, 3.8) is 0 Å². The molecule has 2 amide bonds. The van der Waals surface area contributed by atoms with Crippen molar-refractivity contribution in [2.24, 2.45) is 5.92 Å². The Hall–Kier alpha value is -2.18. The molecule has 5 nitrogen and oxygen atoms in total. The summed E-state index contributed by atoms with van der Waals surface area (Å²) in [5.41, 5.74) is 0.0337. The molecule has 21 heavy (non-hydrogen) atoms. The highest BCUT2D eigenvalue weighted by Gasteiger charge is 2.33. The Morgan fingerprint density at radius 3 is 2.67 bits per heavy atom. The van der Waals surface area contributed by atoms with Crippen LogP contribution in [0.15, 0.2) is 18.2 Å². The molecule has 0 saturated heterocycles. The molecule has 1 unspecified atom stereocenters. The normalized spacial score (nSPS) is 15.3. The zero-order valence-corrected chi connectivity index (χ0v) is 11.2. The third-order valence-corrected chi connectivity index (χ3v) is 3.35. The summed E-state index contributed by atoms with van der Waals surface area (Å²) in [6, 6.07) is 1.97. The van der Waals surface area contributed by atoms with E-state index in [1.165, 1.54) is 0 Å². The molecule has 1 aromatic rings. The SMILES string of the molecule is O=C(O)CC(NC(=O)NCc1cc(F)ccc1F)C1CC1. The fourth-order valence-electron chi connectivity index (χ4n) is 2.10. The molecule has 0 aromatic heterocycles. The van der Waals surface area contributed by atoms with E-state index in [0.29, 0.717) is 0 Å². The Kier molecular flexibility index (Phi) is 4.72. The molecular formula is C14H16F2N2O3. The predicted octanol–water partition coefficient (Wildman–Crippen LogP) is 2.02. The topological polar surface area (TPSA) is 78.4 Å². The number of carboxylic acid groups (broad SMARTS) is 1. The van der Waals surface area contributed by atoms with Crippen LogP contribution in [0.5, 0.6) is 0 Å². The molecule has 3 N–H and O–H groups in total. The van der Waals surface area contributed by atoms with Gasteiger partial charge in [0.05, 0.1) is 6.42 Å². The largest absolute Gasteiger partial charge is 0.481 e. The zero-order valence-electron chi connectivity index (χ0n) is 11.2. The van der Waals surface area contributed by atoms with Crippen LogP contribution >= 0.6 is 0 Å². The van der Waals surface area contributed by atoms with Gasteiger partial charge in [-0.1, -0.05) is 0 Å². The Labute approximate surface area is 120 Å². The van der Waals surface area contributed by atoms with E-state index >= 15 is 0 Å². The Bertz CT molecular complexity index is 547. The van der Waals surface area contributed by atoms with Gasteiger partial charge in [0, 0.05) is 18.2 Å². The molecule has 1 aliphatic rings. The van der Waals surface area contributed by atoms with Crippen LogP contribution in [0, 0.1) is 17.6 Å². The van der Waals surface area contributed by atoms with Crippen molar-refractivity contribution >= 4 is 12.0 Å². The summed E-state index contributed by atoms with van der Waals surface area (Å²) < 4.78 is 26.4. The van der Waals surface area contributed by atoms with Gasteiger partial charge >= 0.3 is 12.0 Å². The zero-order chi connectivity index (χ0) is 15.4. The van der Waals surface area contributed by atoms with Crippen molar-refractivity contribution in [3.8, 4) is 0 Å². The summed E-state index contributed by atoms with van der Waals surface area (Å²) in [7, 11) is 0. The van der Waals surface area contributed by atoms with Crippen molar-refractivity contribution in [2.45, 2.75) is 31.8 Å². The summed E-state index contributed by atoms with van der Waals surface area (Å²) in [6.45, 7) is -0.167. The first-order valence-electron chi connectivity index (χ1n) is 6.66. The van der Waals surface area contributed by atoms with E-state index < -0.39 is 29.7 Å². The van der Waals surface area contributed by atoms with Crippen LogP contribution in [-0.4, -0.2) is 23.1 Å². The molecule has 1 aromatic carbocycles. The fourth-order valence-corrected chi connectivity index (χ4v) is 2.10. The van der Waals surface area contributed by atoms with Crippen LogP contribution in [0.25, 0.3) is 0 Å². The molecule has 0 spiro atoms. The lowest BCUT2D eigenvalue weighted by Gasteiger charge is -2.16. The second-order valence-corrected chi connectivity index (χ2v) is 5.10. The Balaban J connectivity index is 1.86. The van der Waals surface area contributed by atoms with Gasteiger partial charge < -0.3 is 15.7 Å². The maximum Gasteiger partial charge on any atom is 0.315 e. The van der Waals surface area contributed by atoms with E-state index in [1.54, 1.807) is 0 Å². The van der Waals surface area contributed by atoms with E-state index in [9.17, 15) is 18.4 Å². The maximum absolute atomic E-state index is 13.4. The van der Waals surface area contributed by atoms with E-state index in [2.05, 4.69) is 10.6 Å². The van der Waals surface area contributed by atoms with Crippen molar-refractivity contribution in [2.75, 3.05) is 0 Å². The summed E-state index contributed by atoms with van der Waals surface area (Å²) in [5, 5.41) is 13.8. The molecule has 1 atom stereocenters. The number of hydrogen-bond acceptors (Lipinski definition) is 2. The quantitative estimate of drug-likeness (QED) is 0.752. The molecule has 2 rings (SSSR count). The predicted molar refractivity (Wildman–Crippen MR) is 70.5 cm³/mol. The average molecular weight is 298 g/mol. The number of halogens is 2. The van der Waals surface area contributed by atoms with Gasteiger partial charge in [-0.25, -0.2) is 13.6 Å². The number of hydrogen-bond donors (Lipinski definition) is 3. The highest BCUT2D eigenvalue weighted by atomic mass is 19.1. The lowest BCUT2D eigenvalue weighted by Crippen LogP contribution is -2.44. The summed E-state index contributed by atoms with van der Waals surface area (Å²) >= 11 is 0. The minimum atomic E-state index is -0.983. The number of nitrogens with one attached hydrogen (secondary N) is 2. The molecule has 1 aliphatic carbocycles. The Morgan fingerprint density at radius 2 is 2.05 bits per heavy atom.